The van der Waals surface area contributed by atoms with E-state index in [9.17, 15) is 8.42 Å². The Morgan fingerprint density at radius 3 is 2.38 bits per heavy atom. The van der Waals surface area contributed by atoms with Crippen LogP contribution in [-0.2, 0) is 16.6 Å². The van der Waals surface area contributed by atoms with Crippen molar-refractivity contribution in [1.29, 1.82) is 0 Å². The van der Waals surface area contributed by atoms with Crippen LogP contribution in [0.5, 0.6) is 0 Å². The summed E-state index contributed by atoms with van der Waals surface area (Å²) < 4.78 is 28.4. The van der Waals surface area contributed by atoms with Crippen molar-refractivity contribution in [1.82, 2.24) is 4.72 Å². The van der Waals surface area contributed by atoms with Gasteiger partial charge in [-0.2, -0.15) is 0 Å². The Morgan fingerprint density at radius 2 is 1.90 bits per heavy atom. The molecule has 0 aliphatic carbocycles. The maximum absolute atomic E-state index is 12.6. The summed E-state index contributed by atoms with van der Waals surface area (Å²) in [7, 11) is -3.57. The fourth-order valence-electron chi connectivity index (χ4n) is 1.69. The number of nitrogens with two attached hydrogens (primary N) is 1. The summed E-state index contributed by atoms with van der Waals surface area (Å²) in [6.07, 6.45) is 0. The molecule has 1 aromatic carbocycles. The lowest BCUT2D eigenvalue weighted by Gasteiger charge is -2.29. The van der Waals surface area contributed by atoms with Crippen LogP contribution in [0.4, 0.5) is 0 Å². The van der Waals surface area contributed by atoms with Crippen molar-refractivity contribution < 1.29 is 8.42 Å². The van der Waals surface area contributed by atoms with Gasteiger partial charge in [0.15, 0.2) is 0 Å². The lowest BCUT2D eigenvalue weighted by atomic mass is 9.81. The molecule has 0 radical (unpaired) electrons. The summed E-state index contributed by atoms with van der Waals surface area (Å²) in [5.41, 5.74) is 7.19. The lowest BCUT2D eigenvalue weighted by Crippen LogP contribution is -2.37. The first-order chi connectivity index (χ1) is 9.51. The first-order valence-electron chi connectivity index (χ1n) is 7.00. The molecule has 0 spiro atoms. The highest BCUT2D eigenvalue weighted by atomic mass is 79.9. The van der Waals surface area contributed by atoms with Gasteiger partial charge in [0.25, 0.3) is 0 Å². The Hall–Kier alpha value is -0.430. The number of sulfonamides is 1. The smallest absolute Gasteiger partial charge is 0.241 e. The van der Waals surface area contributed by atoms with Gasteiger partial charge in [-0.05, 0) is 51.4 Å². The van der Waals surface area contributed by atoms with Gasteiger partial charge in [-0.3, -0.25) is 0 Å². The Labute approximate surface area is 136 Å². The monoisotopic (exact) mass is 376 g/mol. The first kappa shape index (κ1) is 18.6. The van der Waals surface area contributed by atoms with Crippen LogP contribution in [0.3, 0.4) is 0 Å². The summed E-state index contributed by atoms with van der Waals surface area (Å²) in [4.78, 5) is 0.252. The first-order valence-corrected chi connectivity index (χ1v) is 9.27. The second kappa shape index (κ2) is 6.77. The van der Waals surface area contributed by atoms with E-state index in [1.807, 2.05) is 13.0 Å². The van der Waals surface area contributed by atoms with Crippen LogP contribution >= 0.6 is 15.9 Å². The van der Waals surface area contributed by atoms with E-state index in [1.165, 1.54) is 0 Å². The van der Waals surface area contributed by atoms with E-state index >= 15 is 0 Å². The zero-order chi connectivity index (χ0) is 16.4. The molecule has 0 unspecified atom stereocenters. The zero-order valence-electron chi connectivity index (χ0n) is 13.3. The molecule has 21 heavy (non-hydrogen) atoms. The summed E-state index contributed by atoms with van der Waals surface area (Å²) >= 11 is 3.37. The molecule has 0 saturated heterocycles. The second-order valence-corrected chi connectivity index (χ2v) is 8.93. The molecule has 120 valence electrons. The van der Waals surface area contributed by atoms with E-state index in [1.54, 1.807) is 6.07 Å². The standard InChI is InChI=1S/C15H25BrN2O2S/c1-10(2)15(4,5)9-18-21(19,20)13-7-12(8-17)6-11(3)14(13)16/h6-7,10,18H,8-9,17H2,1-5H3. The van der Waals surface area contributed by atoms with Crippen LogP contribution in [0.15, 0.2) is 21.5 Å². The van der Waals surface area contributed by atoms with Crippen molar-refractivity contribution in [2.24, 2.45) is 17.1 Å². The number of benzene rings is 1. The number of nitrogens with one attached hydrogen (secondary N) is 1. The van der Waals surface area contributed by atoms with Crippen LogP contribution in [0.2, 0.25) is 0 Å². The molecule has 0 fully saturated rings. The number of aryl methyl sites for hydroxylation is 1. The molecule has 0 aliphatic rings. The van der Waals surface area contributed by atoms with Crippen molar-refractivity contribution >= 4 is 26.0 Å². The van der Waals surface area contributed by atoms with Gasteiger partial charge in [-0.25, -0.2) is 13.1 Å². The summed E-state index contributed by atoms with van der Waals surface area (Å²) in [6.45, 7) is 10.8. The fraction of sp³-hybridized carbons (Fsp3) is 0.600. The van der Waals surface area contributed by atoms with E-state index in [2.05, 4.69) is 48.3 Å². The van der Waals surface area contributed by atoms with E-state index in [0.29, 0.717) is 23.5 Å². The molecule has 0 amide bonds. The molecule has 1 aromatic rings. The molecular weight excluding hydrogens is 352 g/mol. The minimum absolute atomic E-state index is 0.111. The highest BCUT2D eigenvalue weighted by molar-refractivity contribution is 9.10. The third-order valence-electron chi connectivity index (χ3n) is 4.09. The molecule has 0 saturated carbocycles. The molecule has 0 bridgehead atoms. The SMILES string of the molecule is Cc1cc(CN)cc(S(=O)(=O)NCC(C)(C)C(C)C)c1Br. The van der Waals surface area contributed by atoms with Crippen molar-refractivity contribution in [3.63, 3.8) is 0 Å². The zero-order valence-corrected chi connectivity index (χ0v) is 15.7. The number of hydrogen-bond donors (Lipinski definition) is 2. The van der Waals surface area contributed by atoms with E-state index < -0.39 is 10.0 Å². The van der Waals surface area contributed by atoms with Crippen LogP contribution in [0.1, 0.15) is 38.8 Å². The average Bonchev–Trinajstić information content (AvgIpc) is 2.39. The second-order valence-electron chi connectivity index (χ2n) is 6.40. The van der Waals surface area contributed by atoms with Gasteiger partial charge in [0, 0.05) is 17.6 Å². The van der Waals surface area contributed by atoms with E-state index in [-0.39, 0.29) is 10.3 Å². The number of rotatable bonds is 6. The minimum Gasteiger partial charge on any atom is -0.326 e. The molecule has 0 heterocycles. The topological polar surface area (TPSA) is 72.2 Å². The molecule has 1 rings (SSSR count). The highest BCUT2D eigenvalue weighted by Crippen LogP contribution is 2.29. The Kier molecular flexibility index (Phi) is 6.00. The average molecular weight is 377 g/mol. The molecule has 4 nitrogen and oxygen atoms in total. The quantitative estimate of drug-likeness (QED) is 0.800. The summed E-state index contributed by atoms with van der Waals surface area (Å²) in [5.74, 6) is 0.376. The molecule has 3 N–H and O–H groups in total. The highest BCUT2D eigenvalue weighted by Gasteiger charge is 2.26. The van der Waals surface area contributed by atoms with E-state index in [4.69, 9.17) is 5.73 Å². The minimum atomic E-state index is -3.57. The van der Waals surface area contributed by atoms with E-state index in [0.717, 1.165) is 11.1 Å². The van der Waals surface area contributed by atoms with Crippen molar-refractivity contribution in [2.45, 2.75) is 46.1 Å². The van der Waals surface area contributed by atoms with Gasteiger partial charge < -0.3 is 5.73 Å². The largest absolute Gasteiger partial charge is 0.326 e. The predicted octanol–water partition coefficient (Wildman–Crippen LogP) is 3.18. The number of halogens is 1. The van der Waals surface area contributed by atoms with Gasteiger partial charge in [-0.15, -0.1) is 0 Å². The van der Waals surface area contributed by atoms with Gasteiger partial charge in [0.1, 0.15) is 0 Å². The molecule has 6 heteroatoms. The van der Waals surface area contributed by atoms with Crippen molar-refractivity contribution in [3.05, 3.63) is 27.7 Å². The van der Waals surface area contributed by atoms with Gasteiger partial charge in [0.05, 0.1) is 4.90 Å². The van der Waals surface area contributed by atoms with Crippen molar-refractivity contribution in [3.8, 4) is 0 Å². The Balaban J connectivity index is 3.12. The summed E-state index contributed by atoms with van der Waals surface area (Å²) in [5, 5.41) is 0. The van der Waals surface area contributed by atoms with Crippen LogP contribution in [-0.4, -0.2) is 15.0 Å². The molecule has 0 atom stereocenters. The Bertz CT molecular complexity index is 610. The van der Waals surface area contributed by atoms with Crippen LogP contribution in [0, 0.1) is 18.3 Å². The third kappa shape index (κ3) is 4.52. The maximum Gasteiger partial charge on any atom is 0.241 e. The molecular formula is C15H25BrN2O2S. The third-order valence-corrected chi connectivity index (χ3v) is 6.83. The molecule has 0 aliphatic heterocycles. The van der Waals surface area contributed by atoms with Crippen LogP contribution < -0.4 is 10.5 Å². The number of hydrogen-bond acceptors (Lipinski definition) is 3. The van der Waals surface area contributed by atoms with Crippen LogP contribution in [0.25, 0.3) is 0 Å². The van der Waals surface area contributed by atoms with Crippen molar-refractivity contribution in [2.75, 3.05) is 6.54 Å². The van der Waals surface area contributed by atoms with Gasteiger partial charge >= 0.3 is 0 Å². The normalized spacial score (nSPS) is 13.0. The fourth-order valence-corrected chi connectivity index (χ4v) is 3.97. The Morgan fingerprint density at radius 1 is 1.33 bits per heavy atom. The lowest BCUT2D eigenvalue weighted by molar-refractivity contribution is 0.252. The summed E-state index contributed by atoms with van der Waals surface area (Å²) in [6, 6.07) is 3.52. The van der Waals surface area contributed by atoms with Gasteiger partial charge in [-0.1, -0.05) is 33.8 Å². The van der Waals surface area contributed by atoms with Gasteiger partial charge in [0.2, 0.25) is 10.0 Å². The molecule has 0 aromatic heterocycles. The maximum atomic E-state index is 12.6. The predicted molar refractivity (Wildman–Crippen MR) is 90.6 cm³/mol.